The van der Waals surface area contributed by atoms with Crippen molar-refractivity contribution in [3.63, 3.8) is 0 Å². The molecular formula is C25H26N4O. The van der Waals surface area contributed by atoms with E-state index in [1.54, 1.807) is 6.20 Å². The predicted octanol–water partition coefficient (Wildman–Crippen LogP) is 5.02. The number of benzene rings is 2. The molecule has 0 aliphatic carbocycles. The molecule has 1 N–H and O–H groups in total. The second-order valence-electron chi connectivity index (χ2n) is 7.99. The van der Waals surface area contributed by atoms with E-state index in [0.717, 1.165) is 49.7 Å². The number of aromatic nitrogens is 1. The van der Waals surface area contributed by atoms with Crippen molar-refractivity contribution in [2.45, 2.75) is 25.7 Å². The van der Waals surface area contributed by atoms with Gasteiger partial charge in [0.2, 0.25) is 0 Å². The molecule has 0 atom stereocenters. The number of anilines is 4. The van der Waals surface area contributed by atoms with Gasteiger partial charge < -0.3 is 15.1 Å². The summed E-state index contributed by atoms with van der Waals surface area (Å²) in [5, 5.41) is 3.33. The van der Waals surface area contributed by atoms with Crippen LogP contribution >= 0.6 is 0 Å². The van der Waals surface area contributed by atoms with Crippen molar-refractivity contribution in [2.75, 3.05) is 34.8 Å². The molecule has 0 spiro atoms. The van der Waals surface area contributed by atoms with E-state index in [-0.39, 0.29) is 5.91 Å². The van der Waals surface area contributed by atoms with Gasteiger partial charge in [0.25, 0.3) is 5.91 Å². The van der Waals surface area contributed by atoms with Crippen LogP contribution in [0, 0.1) is 0 Å². The maximum Gasteiger partial charge on any atom is 0.259 e. The van der Waals surface area contributed by atoms with Crippen LogP contribution in [0.4, 0.5) is 22.9 Å². The zero-order valence-electron chi connectivity index (χ0n) is 17.1. The molecule has 0 saturated carbocycles. The van der Waals surface area contributed by atoms with Crippen LogP contribution in [0.5, 0.6) is 0 Å². The van der Waals surface area contributed by atoms with Gasteiger partial charge in [-0.25, -0.2) is 4.98 Å². The van der Waals surface area contributed by atoms with Crippen LogP contribution in [-0.4, -0.2) is 30.5 Å². The lowest BCUT2D eigenvalue weighted by molar-refractivity contribution is 0.0985. The van der Waals surface area contributed by atoms with Gasteiger partial charge in [-0.1, -0.05) is 18.2 Å². The fourth-order valence-corrected chi connectivity index (χ4v) is 4.37. The van der Waals surface area contributed by atoms with Crippen LogP contribution in [0.25, 0.3) is 0 Å². The Morgan fingerprint density at radius 2 is 1.67 bits per heavy atom. The summed E-state index contributed by atoms with van der Waals surface area (Å²) in [6, 6.07) is 20.4. The van der Waals surface area contributed by atoms with Crippen molar-refractivity contribution in [3.8, 4) is 0 Å². The largest absolute Gasteiger partial charge is 0.372 e. The molecule has 5 rings (SSSR count). The summed E-state index contributed by atoms with van der Waals surface area (Å²) in [4.78, 5) is 21.8. The number of hydrogen-bond donors (Lipinski definition) is 1. The van der Waals surface area contributed by atoms with Gasteiger partial charge in [0, 0.05) is 42.9 Å². The Bertz CT molecular complexity index is 1020. The molecule has 1 fully saturated rings. The van der Waals surface area contributed by atoms with E-state index >= 15 is 0 Å². The molecule has 3 heterocycles. The second kappa shape index (κ2) is 8.19. The Morgan fingerprint density at radius 3 is 2.43 bits per heavy atom. The number of carbonyl (C=O) groups is 1. The zero-order chi connectivity index (χ0) is 20.3. The number of amides is 1. The van der Waals surface area contributed by atoms with E-state index in [0.29, 0.717) is 5.56 Å². The first kappa shape index (κ1) is 18.7. The van der Waals surface area contributed by atoms with Crippen molar-refractivity contribution in [2.24, 2.45) is 0 Å². The molecule has 1 saturated heterocycles. The smallest absolute Gasteiger partial charge is 0.259 e. The molecule has 2 aliphatic rings. The maximum absolute atomic E-state index is 13.1. The third-order valence-corrected chi connectivity index (χ3v) is 5.98. The number of fused-ring (bicyclic) bond motifs is 1. The average molecular weight is 399 g/mol. The second-order valence-corrected chi connectivity index (χ2v) is 7.99. The molecule has 3 aromatic rings. The highest BCUT2D eigenvalue weighted by Gasteiger charge is 2.23. The maximum atomic E-state index is 13.1. The highest BCUT2D eigenvalue weighted by Crippen LogP contribution is 2.28. The number of hydrogen-bond acceptors (Lipinski definition) is 4. The molecule has 0 unspecified atom stereocenters. The van der Waals surface area contributed by atoms with Crippen LogP contribution < -0.4 is 15.1 Å². The van der Waals surface area contributed by atoms with E-state index in [2.05, 4.69) is 45.5 Å². The van der Waals surface area contributed by atoms with Crippen molar-refractivity contribution in [3.05, 3.63) is 78.0 Å². The fourth-order valence-electron chi connectivity index (χ4n) is 4.37. The first-order chi connectivity index (χ1) is 14.8. The molecule has 0 bridgehead atoms. The first-order valence-corrected chi connectivity index (χ1v) is 10.8. The van der Waals surface area contributed by atoms with E-state index in [4.69, 9.17) is 0 Å². The van der Waals surface area contributed by atoms with E-state index in [1.165, 1.54) is 24.1 Å². The Morgan fingerprint density at radius 1 is 0.867 bits per heavy atom. The molecule has 5 heteroatoms. The van der Waals surface area contributed by atoms with Gasteiger partial charge >= 0.3 is 0 Å². The monoisotopic (exact) mass is 398 g/mol. The Kier molecular flexibility index (Phi) is 5.10. The molecule has 2 aromatic carbocycles. The third kappa shape index (κ3) is 3.75. The van der Waals surface area contributed by atoms with Gasteiger partial charge in [-0.3, -0.25) is 4.79 Å². The summed E-state index contributed by atoms with van der Waals surface area (Å²) < 4.78 is 0. The molecule has 5 nitrogen and oxygen atoms in total. The summed E-state index contributed by atoms with van der Waals surface area (Å²) in [6.07, 6.45) is 6.23. The highest BCUT2D eigenvalue weighted by atomic mass is 16.2. The minimum absolute atomic E-state index is 0.0103. The number of nitrogens with zero attached hydrogens (tertiary/aromatic N) is 3. The molecule has 30 heavy (non-hydrogen) atoms. The summed E-state index contributed by atoms with van der Waals surface area (Å²) in [5.74, 6) is 0.746. The van der Waals surface area contributed by atoms with Crippen LogP contribution in [0.3, 0.4) is 0 Å². The summed E-state index contributed by atoms with van der Waals surface area (Å²) in [7, 11) is 0. The quantitative estimate of drug-likeness (QED) is 0.670. The van der Waals surface area contributed by atoms with Gasteiger partial charge in [-0.15, -0.1) is 0 Å². The van der Waals surface area contributed by atoms with Crippen LogP contribution in [-0.2, 0) is 6.42 Å². The van der Waals surface area contributed by atoms with Gasteiger partial charge in [0.15, 0.2) is 0 Å². The SMILES string of the molecule is O=C(c1ccc(Nc2ccc(N3CCCC3)cc2)nc1)N1CCCc2ccccc21. The topological polar surface area (TPSA) is 48.5 Å². The minimum atomic E-state index is 0.0103. The van der Waals surface area contributed by atoms with Gasteiger partial charge in [-0.05, 0) is 73.7 Å². The minimum Gasteiger partial charge on any atom is -0.372 e. The lowest BCUT2D eigenvalue weighted by Gasteiger charge is -2.29. The summed E-state index contributed by atoms with van der Waals surface area (Å²) in [6.45, 7) is 3.04. The molecular weight excluding hydrogens is 372 g/mol. The van der Waals surface area contributed by atoms with Gasteiger partial charge in [0.1, 0.15) is 5.82 Å². The van der Waals surface area contributed by atoms with Gasteiger partial charge in [-0.2, -0.15) is 0 Å². The number of rotatable bonds is 4. The lowest BCUT2D eigenvalue weighted by atomic mass is 10.0. The van der Waals surface area contributed by atoms with Crippen molar-refractivity contribution >= 4 is 28.8 Å². The van der Waals surface area contributed by atoms with Crippen molar-refractivity contribution in [1.29, 1.82) is 0 Å². The molecule has 1 amide bonds. The fraction of sp³-hybridized carbons (Fsp3) is 0.280. The zero-order valence-corrected chi connectivity index (χ0v) is 17.1. The van der Waals surface area contributed by atoms with Crippen molar-refractivity contribution in [1.82, 2.24) is 4.98 Å². The van der Waals surface area contributed by atoms with Gasteiger partial charge in [0.05, 0.1) is 5.56 Å². The standard InChI is InChI=1S/C25H26N4O/c30-25(29-17-5-7-19-6-1-2-8-23(19)29)20-9-14-24(26-18-20)27-21-10-12-22(13-11-21)28-15-3-4-16-28/h1-2,6,8-14,18H,3-5,7,15-17H2,(H,26,27). The van der Waals surface area contributed by atoms with Crippen LogP contribution in [0.15, 0.2) is 66.9 Å². The number of nitrogens with one attached hydrogen (secondary N) is 1. The lowest BCUT2D eigenvalue weighted by Crippen LogP contribution is -2.35. The number of pyridine rings is 1. The molecule has 0 radical (unpaired) electrons. The predicted molar refractivity (Wildman–Crippen MR) is 122 cm³/mol. The third-order valence-electron chi connectivity index (χ3n) is 5.98. The highest BCUT2D eigenvalue weighted by molar-refractivity contribution is 6.06. The Labute approximate surface area is 177 Å². The van der Waals surface area contributed by atoms with Crippen LogP contribution in [0.2, 0.25) is 0 Å². The van der Waals surface area contributed by atoms with Crippen LogP contribution in [0.1, 0.15) is 35.2 Å². The number of aryl methyl sites for hydroxylation is 1. The van der Waals surface area contributed by atoms with E-state index < -0.39 is 0 Å². The van der Waals surface area contributed by atoms with Crippen molar-refractivity contribution < 1.29 is 4.79 Å². The Hall–Kier alpha value is -3.34. The molecule has 152 valence electrons. The Balaban J connectivity index is 1.27. The molecule has 2 aliphatic heterocycles. The van der Waals surface area contributed by atoms with E-state index in [9.17, 15) is 4.79 Å². The van der Waals surface area contributed by atoms with E-state index in [1.807, 2.05) is 35.2 Å². The molecule has 1 aromatic heterocycles. The normalized spacial score (nSPS) is 15.7. The number of para-hydroxylation sites is 1. The summed E-state index contributed by atoms with van der Waals surface area (Å²) >= 11 is 0. The average Bonchev–Trinajstić information content (AvgIpc) is 3.34. The number of carbonyl (C=O) groups excluding carboxylic acids is 1. The first-order valence-electron chi connectivity index (χ1n) is 10.8. The summed E-state index contributed by atoms with van der Waals surface area (Å²) in [5.41, 5.74) is 5.14.